The monoisotopic (exact) mass is 339 g/mol. The van der Waals surface area contributed by atoms with E-state index in [1.165, 1.54) is 0 Å². The number of hydrogen-bond acceptors (Lipinski definition) is 5. The van der Waals surface area contributed by atoms with Crippen molar-refractivity contribution in [2.45, 2.75) is 33.2 Å². The summed E-state index contributed by atoms with van der Waals surface area (Å²) in [6.45, 7) is 4.10. The lowest BCUT2D eigenvalue weighted by molar-refractivity contribution is -0.143. The van der Waals surface area contributed by atoms with Gasteiger partial charge in [0.25, 0.3) is 0 Å². The first-order valence-corrected chi connectivity index (χ1v) is 9.13. The van der Waals surface area contributed by atoms with Crippen LogP contribution in [0, 0.1) is 6.92 Å². The summed E-state index contributed by atoms with van der Waals surface area (Å²) < 4.78 is 33.0. The molecule has 0 aromatic carbocycles. The Labute approximate surface area is 135 Å². The number of pyridine rings is 1. The van der Waals surface area contributed by atoms with E-state index in [0.29, 0.717) is 12.3 Å². The number of esters is 1. The molecule has 2 rings (SSSR count). The van der Waals surface area contributed by atoms with Crippen LogP contribution in [0.15, 0.2) is 24.4 Å². The number of fused-ring (bicyclic) bond motifs is 1. The average Bonchev–Trinajstić information content (AvgIpc) is 2.90. The fraction of sp³-hybridized carbons (Fsp3) is 0.467. The van der Waals surface area contributed by atoms with E-state index in [-0.39, 0.29) is 31.1 Å². The summed E-state index contributed by atoms with van der Waals surface area (Å²) in [5, 5.41) is 0. The van der Waals surface area contributed by atoms with Crippen LogP contribution in [0.3, 0.4) is 0 Å². The van der Waals surface area contributed by atoms with Crippen molar-refractivity contribution in [2.24, 2.45) is 0 Å². The Bertz CT molecular complexity index is 783. The highest BCUT2D eigenvalue weighted by atomic mass is 32.2. The topological polar surface area (TPSA) is 89.8 Å². The van der Waals surface area contributed by atoms with Gasteiger partial charge in [0.15, 0.2) is 0 Å². The molecule has 0 saturated carbocycles. The van der Waals surface area contributed by atoms with Gasteiger partial charge in [-0.15, -0.1) is 0 Å². The van der Waals surface area contributed by atoms with Crippen LogP contribution in [0.5, 0.6) is 0 Å². The molecule has 0 spiro atoms. The molecule has 0 bridgehead atoms. The number of nitrogens with one attached hydrogen (secondary N) is 1. The van der Waals surface area contributed by atoms with Crippen molar-refractivity contribution in [1.29, 1.82) is 0 Å². The van der Waals surface area contributed by atoms with Gasteiger partial charge in [0.1, 0.15) is 5.65 Å². The molecule has 0 radical (unpaired) electrons. The first-order valence-electron chi connectivity index (χ1n) is 7.48. The number of hydrogen-bond donors (Lipinski definition) is 1. The largest absolute Gasteiger partial charge is 0.466 e. The molecule has 2 heterocycles. The highest BCUT2D eigenvalue weighted by molar-refractivity contribution is 7.89. The predicted octanol–water partition coefficient (Wildman–Crippen LogP) is 1.41. The van der Waals surface area contributed by atoms with Crippen LogP contribution in [-0.4, -0.2) is 36.1 Å². The zero-order chi connectivity index (χ0) is 16.9. The molecule has 8 heteroatoms. The Morgan fingerprint density at radius 1 is 1.39 bits per heavy atom. The van der Waals surface area contributed by atoms with Gasteiger partial charge in [0.05, 0.1) is 24.6 Å². The minimum absolute atomic E-state index is 0.0995. The third-order valence-electron chi connectivity index (χ3n) is 3.32. The maximum absolute atomic E-state index is 11.9. The summed E-state index contributed by atoms with van der Waals surface area (Å²) in [4.78, 5) is 15.6. The maximum Gasteiger partial charge on any atom is 0.305 e. The second-order valence-corrected chi connectivity index (χ2v) is 7.10. The van der Waals surface area contributed by atoms with E-state index < -0.39 is 10.0 Å². The van der Waals surface area contributed by atoms with Gasteiger partial charge < -0.3 is 9.14 Å². The van der Waals surface area contributed by atoms with Crippen LogP contribution >= 0.6 is 0 Å². The van der Waals surface area contributed by atoms with Crippen molar-refractivity contribution in [3.63, 3.8) is 0 Å². The Balaban J connectivity index is 1.88. The lowest BCUT2D eigenvalue weighted by Crippen LogP contribution is -2.26. The van der Waals surface area contributed by atoms with E-state index in [1.807, 2.05) is 35.7 Å². The number of aryl methyl sites for hydroxylation is 1. The number of ether oxygens (including phenoxy) is 1. The van der Waals surface area contributed by atoms with Crippen molar-refractivity contribution in [3.8, 4) is 0 Å². The fourth-order valence-electron chi connectivity index (χ4n) is 2.18. The highest BCUT2D eigenvalue weighted by Gasteiger charge is 2.13. The molecule has 0 aliphatic heterocycles. The number of aromatic nitrogens is 2. The third kappa shape index (κ3) is 5.04. The fourth-order valence-corrected chi connectivity index (χ4v) is 3.22. The van der Waals surface area contributed by atoms with Crippen molar-refractivity contribution >= 4 is 21.6 Å². The number of carbonyl (C=O) groups is 1. The summed E-state index contributed by atoms with van der Waals surface area (Å²) in [5.74, 6) is -0.489. The van der Waals surface area contributed by atoms with Crippen LogP contribution in [0.25, 0.3) is 5.65 Å². The number of imidazole rings is 1. The van der Waals surface area contributed by atoms with E-state index in [0.717, 1.165) is 11.3 Å². The number of sulfonamides is 1. The molecule has 23 heavy (non-hydrogen) atoms. The lowest BCUT2D eigenvalue weighted by atomic mass is 10.3. The molecule has 2 aromatic rings. The highest BCUT2D eigenvalue weighted by Crippen LogP contribution is 2.08. The van der Waals surface area contributed by atoms with E-state index in [4.69, 9.17) is 4.74 Å². The summed E-state index contributed by atoms with van der Waals surface area (Å²) in [6.07, 6.45) is 2.15. The Hall–Kier alpha value is -1.93. The van der Waals surface area contributed by atoms with E-state index in [2.05, 4.69) is 9.71 Å². The molecule has 0 atom stereocenters. The van der Waals surface area contributed by atoms with Gasteiger partial charge in [-0.2, -0.15) is 0 Å². The second kappa shape index (κ2) is 7.56. The summed E-state index contributed by atoms with van der Waals surface area (Å²) in [5.41, 5.74) is 2.45. The second-order valence-electron chi connectivity index (χ2n) is 5.18. The van der Waals surface area contributed by atoms with Crippen molar-refractivity contribution < 1.29 is 17.9 Å². The SMILES string of the molecule is CCOC(=O)CCCS(=O)(=O)NCc1cn2c(C)cccc2n1. The van der Waals surface area contributed by atoms with Gasteiger partial charge in [-0.3, -0.25) is 4.79 Å². The summed E-state index contributed by atoms with van der Waals surface area (Å²) in [6, 6.07) is 5.73. The predicted molar refractivity (Wildman–Crippen MR) is 86.4 cm³/mol. The molecule has 0 unspecified atom stereocenters. The van der Waals surface area contributed by atoms with Crippen LogP contribution in [0.1, 0.15) is 31.2 Å². The van der Waals surface area contributed by atoms with Gasteiger partial charge in [-0.25, -0.2) is 18.1 Å². The van der Waals surface area contributed by atoms with Crippen LogP contribution in [0.4, 0.5) is 0 Å². The normalized spacial score (nSPS) is 11.7. The Morgan fingerprint density at radius 2 is 2.17 bits per heavy atom. The minimum atomic E-state index is -3.44. The van der Waals surface area contributed by atoms with Gasteiger partial charge in [0, 0.05) is 18.3 Å². The summed E-state index contributed by atoms with van der Waals surface area (Å²) in [7, 11) is -3.44. The number of rotatable bonds is 8. The minimum Gasteiger partial charge on any atom is -0.466 e. The Kier molecular flexibility index (Phi) is 5.73. The Morgan fingerprint density at radius 3 is 2.87 bits per heavy atom. The lowest BCUT2D eigenvalue weighted by Gasteiger charge is -2.05. The van der Waals surface area contributed by atoms with Crippen LogP contribution < -0.4 is 4.72 Å². The molecule has 126 valence electrons. The molecule has 0 amide bonds. The molecule has 0 aliphatic carbocycles. The van der Waals surface area contributed by atoms with Gasteiger partial charge in [-0.1, -0.05) is 6.07 Å². The molecular formula is C15H21N3O4S. The third-order valence-corrected chi connectivity index (χ3v) is 4.73. The molecule has 1 N–H and O–H groups in total. The standard InChI is InChI=1S/C15H21N3O4S/c1-3-22-15(19)8-5-9-23(20,21)16-10-13-11-18-12(2)6-4-7-14(18)17-13/h4,6-7,11,16H,3,5,8-10H2,1-2H3. The molecule has 0 saturated heterocycles. The van der Waals surface area contributed by atoms with Crippen LogP contribution in [0.2, 0.25) is 0 Å². The zero-order valence-corrected chi connectivity index (χ0v) is 14.1. The summed E-state index contributed by atoms with van der Waals surface area (Å²) >= 11 is 0. The molecular weight excluding hydrogens is 318 g/mol. The van der Waals surface area contributed by atoms with Crippen LogP contribution in [-0.2, 0) is 26.1 Å². The van der Waals surface area contributed by atoms with Crippen molar-refractivity contribution in [2.75, 3.05) is 12.4 Å². The van der Waals surface area contributed by atoms with Gasteiger partial charge >= 0.3 is 5.97 Å². The van der Waals surface area contributed by atoms with Gasteiger partial charge in [-0.05, 0) is 32.4 Å². The van der Waals surface area contributed by atoms with Gasteiger partial charge in [0.2, 0.25) is 10.0 Å². The first-order chi connectivity index (χ1) is 10.9. The number of nitrogens with zero attached hydrogens (tertiary/aromatic N) is 2. The molecule has 0 aliphatic rings. The smallest absolute Gasteiger partial charge is 0.305 e. The zero-order valence-electron chi connectivity index (χ0n) is 13.3. The molecule has 0 fully saturated rings. The number of carbonyl (C=O) groups excluding carboxylic acids is 1. The quantitative estimate of drug-likeness (QED) is 0.734. The van der Waals surface area contributed by atoms with Crippen molar-refractivity contribution in [1.82, 2.24) is 14.1 Å². The van der Waals surface area contributed by atoms with Crippen molar-refractivity contribution in [3.05, 3.63) is 35.8 Å². The molecule has 7 nitrogen and oxygen atoms in total. The van der Waals surface area contributed by atoms with E-state index in [9.17, 15) is 13.2 Å². The first kappa shape index (κ1) is 17.4. The van der Waals surface area contributed by atoms with E-state index >= 15 is 0 Å². The maximum atomic E-state index is 11.9. The molecule has 2 aromatic heterocycles. The van der Waals surface area contributed by atoms with E-state index in [1.54, 1.807) is 6.92 Å². The average molecular weight is 339 g/mol.